The molecule has 2 atom stereocenters. The third-order valence-electron chi connectivity index (χ3n) is 2.27. The Labute approximate surface area is 106 Å². The summed E-state index contributed by atoms with van der Waals surface area (Å²) in [6.45, 7) is 1.71. The fourth-order valence-electron chi connectivity index (χ4n) is 1.40. The van der Waals surface area contributed by atoms with Gasteiger partial charge in [-0.2, -0.15) is 15.0 Å². The highest BCUT2D eigenvalue weighted by atomic mass is 16.3. The number of nitrogens with one attached hydrogen (secondary N) is 2. The van der Waals surface area contributed by atoms with Crippen molar-refractivity contribution in [3.63, 3.8) is 0 Å². The lowest BCUT2D eigenvalue weighted by Gasteiger charge is -2.13. The van der Waals surface area contributed by atoms with Gasteiger partial charge in [-0.1, -0.05) is 0 Å². The van der Waals surface area contributed by atoms with Crippen molar-refractivity contribution in [1.29, 1.82) is 0 Å². The van der Waals surface area contributed by atoms with Gasteiger partial charge in [-0.25, -0.2) is 0 Å². The van der Waals surface area contributed by atoms with Gasteiger partial charge >= 0.3 is 0 Å². The molecule has 6 N–H and O–H groups in total. The first kappa shape index (κ1) is 14.4. The largest absolute Gasteiger partial charge is 0.393 e. The monoisotopic (exact) mass is 256 g/mol. The molecule has 8 nitrogen and oxygen atoms in total. The van der Waals surface area contributed by atoms with Gasteiger partial charge in [0.25, 0.3) is 0 Å². The Kier molecular flexibility index (Phi) is 5.53. The quantitative estimate of drug-likeness (QED) is 0.423. The summed E-state index contributed by atoms with van der Waals surface area (Å²) in [5.74, 6) is 0.630. The number of nitrogens with two attached hydrogens (primary N) is 1. The van der Waals surface area contributed by atoms with E-state index < -0.39 is 6.23 Å². The van der Waals surface area contributed by atoms with E-state index in [1.165, 1.54) is 0 Å². The van der Waals surface area contributed by atoms with Gasteiger partial charge in [-0.3, -0.25) is 0 Å². The zero-order chi connectivity index (χ0) is 13.5. The zero-order valence-electron chi connectivity index (χ0n) is 10.6. The van der Waals surface area contributed by atoms with E-state index in [9.17, 15) is 5.11 Å². The van der Waals surface area contributed by atoms with Crippen LogP contribution in [0.25, 0.3) is 0 Å². The van der Waals surface area contributed by atoms with E-state index in [0.29, 0.717) is 25.2 Å². The molecule has 1 aromatic rings. The van der Waals surface area contributed by atoms with Gasteiger partial charge in [0.15, 0.2) is 0 Å². The molecule has 1 aromatic heterocycles. The van der Waals surface area contributed by atoms with E-state index in [1.54, 1.807) is 14.0 Å². The second-order valence-electron chi connectivity index (χ2n) is 4.03. The average Bonchev–Trinajstić information content (AvgIpc) is 2.27. The minimum absolute atomic E-state index is 0.0769. The number of nitrogens with zero attached hydrogens (tertiary/aromatic N) is 3. The average molecular weight is 256 g/mol. The number of anilines is 3. The van der Waals surface area contributed by atoms with Crippen molar-refractivity contribution in [3.05, 3.63) is 0 Å². The predicted octanol–water partition coefficient (Wildman–Crippen LogP) is -0.223. The molecule has 102 valence electrons. The Morgan fingerprint density at radius 3 is 2.44 bits per heavy atom. The molecule has 1 heterocycles. The minimum atomic E-state index is -0.782. The van der Waals surface area contributed by atoms with Crippen molar-refractivity contribution in [3.8, 4) is 0 Å². The van der Waals surface area contributed by atoms with Crippen LogP contribution in [0, 0.1) is 0 Å². The fraction of sp³-hybridized carbons (Fsp3) is 0.700. The van der Waals surface area contributed by atoms with Crippen LogP contribution in [-0.2, 0) is 0 Å². The lowest BCUT2D eigenvalue weighted by atomic mass is 10.1. The Balaban J connectivity index is 2.48. The van der Waals surface area contributed by atoms with Crippen LogP contribution >= 0.6 is 0 Å². The molecule has 0 aliphatic rings. The normalized spacial score (nSPS) is 14.0. The third kappa shape index (κ3) is 5.11. The molecule has 18 heavy (non-hydrogen) atoms. The van der Waals surface area contributed by atoms with Crippen LogP contribution in [-0.4, -0.2) is 44.5 Å². The van der Waals surface area contributed by atoms with Crippen LogP contribution in [0.2, 0.25) is 0 Å². The summed E-state index contributed by atoms with van der Waals surface area (Å²) in [6.07, 6.45) is 0.687. The second kappa shape index (κ2) is 6.92. The van der Waals surface area contributed by atoms with Crippen molar-refractivity contribution >= 4 is 17.8 Å². The maximum atomic E-state index is 9.72. The lowest BCUT2D eigenvalue weighted by Crippen LogP contribution is -2.21. The van der Waals surface area contributed by atoms with Gasteiger partial charge in [-0.15, -0.1) is 0 Å². The first-order valence-corrected chi connectivity index (χ1v) is 5.83. The van der Waals surface area contributed by atoms with E-state index in [2.05, 4.69) is 25.6 Å². The van der Waals surface area contributed by atoms with Crippen LogP contribution in [0.15, 0.2) is 0 Å². The predicted molar refractivity (Wildman–Crippen MR) is 68.9 cm³/mol. The first-order chi connectivity index (χ1) is 8.51. The smallest absolute Gasteiger partial charge is 0.231 e. The first-order valence-electron chi connectivity index (χ1n) is 5.83. The molecular formula is C10H20N6O2. The van der Waals surface area contributed by atoms with Crippen molar-refractivity contribution < 1.29 is 10.2 Å². The molecule has 0 aliphatic carbocycles. The van der Waals surface area contributed by atoms with Crippen molar-refractivity contribution in [2.75, 3.05) is 23.4 Å². The van der Waals surface area contributed by atoms with E-state index >= 15 is 0 Å². The van der Waals surface area contributed by atoms with Crippen molar-refractivity contribution in [2.24, 2.45) is 0 Å². The highest BCUT2D eigenvalue weighted by molar-refractivity contribution is 5.39. The van der Waals surface area contributed by atoms with E-state index in [1.807, 2.05) is 0 Å². The minimum Gasteiger partial charge on any atom is -0.393 e. The number of aliphatic hydroxyl groups excluding tert-OH is 2. The van der Waals surface area contributed by atoms with Gasteiger partial charge in [-0.05, 0) is 26.2 Å². The summed E-state index contributed by atoms with van der Waals surface area (Å²) >= 11 is 0. The van der Waals surface area contributed by atoms with Gasteiger partial charge in [0.2, 0.25) is 17.8 Å². The standard InChI is InChI=1S/C10H20N6O2/c1-6(17)4-3-5-7(18)13-10-15-8(11)14-9(12-2)16-10/h6-7,17-18H,3-5H2,1-2H3,(H4,11,12,13,14,15,16)/t6-,7?/m1/s1. The lowest BCUT2D eigenvalue weighted by molar-refractivity contribution is 0.157. The Morgan fingerprint density at radius 1 is 1.17 bits per heavy atom. The summed E-state index contributed by atoms with van der Waals surface area (Å²) in [4.78, 5) is 11.7. The van der Waals surface area contributed by atoms with Crippen LogP contribution in [0.4, 0.5) is 17.8 Å². The molecule has 1 unspecified atom stereocenters. The molecule has 0 saturated carbocycles. The number of aromatic nitrogens is 3. The number of nitrogen functional groups attached to an aromatic ring is 1. The van der Waals surface area contributed by atoms with Crippen LogP contribution in [0.5, 0.6) is 0 Å². The summed E-state index contributed by atoms with van der Waals surface area (Å²) < 4.78 is 0. The second-order valence-corrected chi connectivity index (χ2v) is 4.03. The molecular weight excluding hydrogens is 236 g/mol. The summed E-state index contributed by atoms with van der Waals surface area (Å²) in [7, 11) is 1.66. The van der Waals surface area contributed by atoms with E-state index in [-0.39, 0.29) is 18.0 Å². The SMILES string of the molecule is CNc1nc(N)nc(NC(O)CCC[C@@H](C)O)n1. The third-order valence-corrected chi connectivity index (χ3v) is 2.27. The summed E-state index contributed by atoms with van der Waals surface area (Å²) in [6, 6.07) is 0. The molecule has 0 aliphatic heterocycles. The molecule has 8 heteroatoms. The zero-order valence-corrected chi connectivity index (χ0v) is 10.6. The van der Waals surface area contributed by atoms with Crippen molar-refractivity contribution in [2.45, 2.75) is 38.5 Å². The van der Waals surface area contributed by atoms with Gasteiger partial charge in [0.1, 0.15) is 6.23 Å². The number of aliphatic hydroxyl groups is 2. The molecule has 0 spiro atoms. The van der Waals surface area contributed by atoms with Crippen molar-refractivity contribution in [1.82, 2.24) is 15.0 Å². The summed E-state index contributed by atoms with van der Waals surface area (Å²) in [5.41, 5.74) is 5.49. The highest BCUT2D eigenvalue weighted by Gasteiger charge is 2.08. The van der Waals surface area contributed by atoms with Crippen LogP contribution in [0.3, 0.4) is 0 Å². The highest BCUT2D eigenvalue weighted by Crippen LogP contribution is 2.09. The number of hydrogen-bond donors (Lipinski definition) is 5. The maximum absolute atomic E-state index is 9.72. The molecule has 0 radical (unpaired) electrons. The Bertz CT molecular complexity index is 373. The Morgan fingerprint density at radius 2 is 1.83 bits per heavy atom. The maximum Gasteiger partial charge on any atom is 0.231 e. The number of hydrogen-bond acceptors (Lipinski definition) is 8. The topological polar surface area (TPSA) is 129 Å². The summed E-state index contributed by atoms with van der Waals surface area (Å²) in [5, 5.41) is 24.3. The van der Waals surface area contributed by atoms with Crippen LogP contribution < -0.4 is 16.4 Å². The number of rotatable bonds is 7. The molecule has 0 bridgehead atoms. The fourth-order valence-corrected chi connectivity index (χ4v) is 1.40. The Hall–Kier alpha value is -1.67. The molecule has 1 rings (SSSR count). The van der Waals surface area contributed by atoms with Gasteiger partial charge in [0, 0.05) is 7.05 Å². The molecule has 0 aromatic carbocycles. The molecule has 0 saturated heterocycles. The molecule has 0 amide bonds. The van der Waals surface area contributed by atoms with E-state index in [0.717, 1.165) is 0 Å². The van der Waals surface area contributed by atoms with E-state index in [4.69, 9.17) is 10.8 Å². The van der Waals surface area contributed by atoms with Gasteiger partial charge in [0.05, 0.1) is 6.10 Å². The molecule has 0 fully saturated rings. The van der Waals surface area contributed by atoms with Crippen LogP contribution in [0.1, 0.15) is 26.2 Å². The van der Waals surface area contributed by atoms with Gasteiger partial charge < -0.3 is 26.6 Å².